The number of nitrogens with one attached hydrogen (secondary N) is 1. The monoisotopic (exact) mass is 534 g/mol. The Morgan fingerprint density at radius 3 is 2.74 bits per heavy atom. The number of anilines is 2. The van der Waals surface area contributed by atoms with E-state index in [9.17, 15) is 18.0 Å². The molecule has 1 N–H and O–H groups in total. The van der Waals surface area contributed by atoms with Crippen molar-refractivity contribution in [1.29, 1.82) is 0 Å². The molecule has 1 amide bonds. The summed E-state index contributed by atoms with van der Waals surface area (Å²) in [5.41, 5.74) is 2.06. The number of rotatable bonds is 6. The number of carbonyl (C=O) groups is 1. The molecule has 0 bridgehead atoms. The summed E-state index contributed by atoms with van der Waals surface area (Å²) in [5, 5.41) is 7.71. The minimum atomic E-state index is -1.11. The number of halogens is 3. The molecule has 2 aliphatic heterocycles. The first-order valence-corrected chi connectivity index (χ1v) is 12.7. The van der Waals surface area contributed by atoms with Crippen molar-refractivity contribution < 1.29 is 18.0 Å². The van der Waals surface area contributed by atoms with Crippen LogP contribution in [0.4, 0.5) is 24.8 Å². The van der Waals surface area contributed by atoms with E-state index in [4.69, 9.17) is 0 Å². The standard InChI is InChI=1S/C27H25F3N8O/c28-18-1-4-23(30)17(9-18)10-22-11-19(29)16-37(22)25-6-5-24-34-13-21(38(24)35-25)3-2-20-12-33-26(14-32-20)36-8-7-31-15-27(36)39/h1-6,9,12-14,19,22,31H,7-8,10-11,15-16H2/b3-2+/t19-,22-/m0/s1. The molecule has 2 aliphatic rings. The number of alkyl halides is 1. The summed E-state index contributed by atoms with van der Waals surface area (Å²) in [6, 6.07) is 6.48. The first kappa shape index (κ1) is 25.0. The zero-order valence-corrected chi connectivity index (χ0v) is 20.8. The number of amides is 1. The van der Waals surface area contributed by atoms with E-state index in [0.717, 1.165) is 18.2 Å². The highest BCUT2D eigenvalue weighted by Gasteiger charge is 2.34. The molecular formula is C27H25F3N8O. The highest BCUT2D eigenvalue weighted by molar-refractivity contribution is 5.94. The van der Waals surface area contributed by atoms with Crippen LogP contribution < -0.4 is 15.1 Å². The van der Waals surface area contributed by atoms with Crippen molar-refractivity contribution in [3.63, 3.8) is 0 Å². The molecule has 0 radical (unpaired) electrons. The third-order valence-corrected chi connectivity index (χ3v) is 6.94. The molecule has 2 atom stereocenters. The highest BCUT2D eigenvalue weighted by Crippen LogP contribution is 2.29. The second kappa shape index (κ2) is 10.4. The number of hydrogen-bond acceptors (Lipinski definition) is 7. The lowest BCUT2D eigenvalue weighted by Gasteiger charge is -2.25. The summed E-state index contributed by atoms with van der Waals surface area (Å²) in [7, 11) is 0. The Morgan fingerprint density at radius 1 is 1.03 bits per heavy atom. The van der Waals surface area contributed by atoms with E-state index in [1.54, 1.807) is 57.2 Å². The van der Waals surface area contributed by atoms with Gasteiger partial charge in [-0.1, -0.05) is 0 Å². The minimum Gasteiger partial charge on any atom is -0.349 e. The van der Waals surface area contributed by atoms with Gasteiger partial charge in [0.25, 0.3) is 0 Å². The smallest absolute Gasteiger partial charge is 0.242 e. The molecule has 0 aliphatic carbocycles. The van der Waals surface area contributed by atoms with E-state index in [1.807, 2.05) is 0 Å². The average molecular weight is 535 g/mol. The minimum absolute atomic E-state index is 0.0492. The van der Waals surface area contributed by atoms with Gasteiger partial charge >= 0.3 is 0 Å². The van der Waals surface area contributed by atoms with Crippen molar-refractivity contribution >= 4 is 35.3 Å². The summed E-state index contributed by atoms with van der Waals surface area (Å²) in [4.78, 5) is 28.6. The number of carbonyl (C=O) groups excluding carboxylic acids is 1. The van der Waals surface area contributed by atoms with Gasteiger partial charge in [0.2, 0.25) is 5.91 Å². The topological polar surface area (TPSA) is 91.5 Å². The number of nitrogens with zero attached hydrogens (tertiary/aromatic N) is 7. The molecule has 0 spiro atoms. The molecule has 5 heterocycles. The Hall–Kier alpha value is -4.32. The second-order valence-corrected chi connectivity index (χ2v) is 9.58. The van der Waals surface area contributed by atoms with Crippen LogP contribution in [0, 0.1) is 11.6 Å². The number of hydrogen-bond donors (Lipinski definition) is 1. The number of benzene rings is 1. The van der Waals surface area contributed by atoms with E-state index in [-0.39, 0.29) is 43.4 Å². The highest BCUT2D eigenvalue weighted by atomic mass is 19.1. The summed E-state index contributed by atoms with van der Waals surface area (Å²) >= 11 is 0. The van der Waals surface area contributed by atoms with Crippen LogP contribution in [-0.2, 0) is 11.2 Å². The zero-order valence-electron chi connectivity index (χ0n) is 20.8. The Labute approximate surface area is 222 Å². The number of piperazine rings is 1. The van der Waals surface area contributed by atoms with E-state index in [0.29, 0.717) is 41.8 Å². The molecule has 3 aromatic heterocycles. The van der Waals surface area contributed by atoms with Crippen LogP contribution in [0.2, 0.25) is 0 Å². The number of imidazole rings is 1. The van der Waals surface area contributed by atoms with Gasteiger partial charge in [-0.05, 0) is 54.5 Å². The molecular weight excluding hydrogens is 509 g/mol. The SMILES string of the molecule is O=C1CNCCN1c1cnc(/C=C/c2cnc3ccc(N4C[C@@H](F)C[C@@H]4Cc4cc(F)ccc4F)nn23)cn1. The predicted octanol–water partition coefficient (Wildman–Crippen LogP) is 3.06. The van der Waals surface area contributed by atoms with Crippen LogP contribution in [0.15, 0.2) is 48.9 Å². The fourth-order valence-corrected chi connectivity index (χ4v) is 5.01. The molecule has 6 rings (SSSR count). The normalized spacial score (nSPS) is 20.0. The summed E-state index contributed by atoms with van der Waals surface area (Å²) in [6.07, 6.45) is 7.61. The Balaban J connectivity index is 1.22. The number of aromatic nitrogens is 5. The van der Waals surface area contributed by atoms with E-state index >= 15 is 0 Å². The first-order chi connectivity index (χ1) is 18.9. The molecule has 12 heteroatoms. The zero-order chi connectivity index (χ0) is 26.9. The van der Waals surface area contributed by atoms with Gasteiger partial charge < -0.3 is 10.2 Å². The fraction of sp³-hybridized carbons (Fsp3) is 0.296. The molecule has 4 aromatic rings. The molecule has 200 valence electrons. The summed E-state index contributed by atoms with van der Waals surface area (Å²) in [5.74, 6) is -0.0727. The van der Waals surface area contributed by atoms with Crippen LogP contribution >= 0.6 is 0 Å². The van der Waals surface area contributed by atoms with E-state index < -0.39 is 17.8 Å². The molecule has 0 saturated carbocycles. The lowest BCUT2D eigenvalue weighted by atomic mass is 10.0. The lowest BCUT2D eigenvalue weighted by molar-refractivity contribution is -0.118. The van der Waals surface area contributed by atoms with Crippen molar-refractivity contribution in [3.05, 3.63) is 77.5 Å². The molecule has 39 heavy (non-hydrogen) atoms. The summed E-state index contributed by atoms with van der Waals surface area (Å²) < 4.78 is 44.1. The van der Waals surface area contributed by atoms with Crippen molar-refractivity contribution in [2.75, 3.05) is 36.0 Å². The maximum Gasteiger partial charge on any atom is 0.242 e. The van der Waals surface area contributed by atoms with Gasteiger partial charge in [0, 0.05) is 25.6 Å². The Morgan fingerprint density at radius 2 is 1.92 bits per heavy atom. The van der Waals surface area contributed by atoms with Crippen molar-refractivity contribution in [3.8, 4) is 0 Å². The van der Waals surface area contributed by atoms with Crippen molar-refractivity contribution in [1.82, 2.24) is 29.9 Å². The van der Waals surface area contributed by atoms with Crippen molar-refractivity contribution in [2.45, 2.75) is 25.1 Å². The Kier molecular flexibility index (Phi) is 6.69. The van der Waals surface area contributed by atoms with Crippen LogP contribution in [0.5, 0.6) is 0 Å². The van der Waals surface area contributed by atoms with Crippen LogP contribution in [0.25, 0.3) is 17.8 Å². The molecule has 1 aromatic carbocycles. The average Bonchev–Trinajstić information content (AvgIpc) is 3.52. The van der Waals surface area contributed by atoms with Gasteiger partial charge in [-0.3, -0.25) is 14.7 Å². The largest absolute Gasteiger partial charge is 0.349 e. The molecule has 9 nitrogen and oxygen atoms in total. The fourth-order valence-electron chi connectivity index (χ4n) is 5.01. The maximum atomic E-state index is 14.5. The Bertz CT molecular complexity index is 1540. The predicted molar refractivity (Wildman–Crippen MR) is 140 cm³/mol. The third-order valence-electron chi connectivity index (χ3n) is 6.94. The first-order valence-electron chi connectivity index (χ1n) is 12.7. The molecule has 2 fully saturated rings. The quantitative estimate of drug-likeness (QED) is 0.407. The number of fused-ring (bicyclic) bond motifs is 1. The van der Waals surface area contributed by atoms with Crippen LogP contribution in [0.3, 0.4) is 0 Å². The van der Waals surface area contributed by atoms with E-state index in [1.165, 1.54) is 0 Å². The second-order valence-electron chi connectivity index (χ2n) is 9.58. The van der Waals surface area contributed by atoms with Crippen molar-refractivity contribution in [2.24, 2.45) is 0 Å². The van der Waals surface area contributed by atoms with E-state index in [2.05, 4.69) is 25.4 Å². The van der Waals surface area contributed by atoms with Gasteiger partial charge in [-0.25, -0.2) is 27.7 Å². The maximum absolute atomic E-state index is 14.5. The van der Waals surface area contributed by atoms with Gasteiger partial charge in [-0.15, -0.1) is 5.10 Å². The van der Waals surface area contributed by atoms with Crippen LogP contribution in [-0.4, -0.2) is 68.9 Å². The van der Waals surface area contributed by atoms with Gasteiger partial charge in [0.05, 0.1) is 43.1 Å². The van der Waals surface area contributed by atoms with Gasteiger partial charge in [0.15, 0.2) is 11.5 Å². The third kappa shape index (κ3) is 5.19. The lowest BCUT2D eigenvalue weighted by Crippen LogP contribution is -2.48. The van der Waals surface area contributed by atoms with Crippen LogP contribution in [0.1, 0.15) is 23.4 Å². The van der Waals surface area contributed by atoms with Gasteiger partial charge in [0.1, 0.15) is 23.6 Å². The van der Waals surface area contributed by atoms with Gasteiger partial charge in [-0.2, -0.15) is 0 Å². The molecule has 0 unspecified atom stereocenters. The summed E-state index contributed by atoms with van der Waals surface area (Å²) in [6.45, 7) is 1.62. The molecule has 2 saturated heterocycles.